The van der Waals surface area contributed by atoms with Crippen molar-refractivity contribution in [1.82, 2.24) is 4.57 Å². The zero-order valence-electron chi connectivity index (χ0n) is 13.5. The third-order valence-corrected chi connectivity index (χ3v) is 3.73. The molecule has 104 valence electrons. The fourth-order valence-corrected chi connectivity index (χ4v) is 3.23. The molecule has 1 nitrogen and oxygen atoms in total. The smallest absolute Gasteiger partial charge is 0.0490 e. The highest BCUT2D eigenvalue weighted by Gasteiger charge is 2.28. The Morgan fingerprint density at radius 1 is 0.947 bits per heavy atom. The lowest BCUT2D eigenvalue weighted by atomic mass is 9.84. The third kappa shape index (κ3) is 2.31. The minimum absolute atomic E-state index is 0.119. The van der Waals surface area contributed by atoms with Crippen molar-refractivity contribution in [1.29, 1.82) is 0 Å². The van der Waals surface area contributed by atoms with E-state index in [1.165, 1.54) is 22.2 Å². The molecule has 0 saturated heterocycles. The Morgan fingerprint density at radius 2 is 1.53 bits per heavy atom. The molecule has 0 atom stereocenters. The van der Waals surface area contributed by atoms with Crippen LogP contribution in [0.5, 0.6) is 0 Å². The minimum Gasteiger partial charge on any atom is -0.339 e. The van der Waals surface area contributed by atoms with Crippen LogP contribution in [0.3, 0.4) is 0 Å². The summed E-state index contributed by atoms with van der Waals surface area (Å²) < 4.78 is 2.53. The van der Waals surface area contributed by atoms with Crippen molar-refractivity contribution in [2.45, 2.75) is 65.8 Å². The Hall–Kier alpha value is -1.24. The largest absolute Gasteiger partial charge is 0.339 e. The number of benzene rings is 1. The van der Waals surface area contributed by atoms with Gasteiger partial charge in [-0.1, -0.05) is 45.9 Å². The van der Waals surface area contributed by atoms with E-state index in [2.05, 4.69) is 77.3 Å². The second kappa shape index (κ2) is 4.40. The number of hydrogen-bond donors (Lipinski definition) is 0. The van der Waals surface area contributed by atoms with E-state index in [-0.39, 0.29) is 11.0 Å². The summed E-state index contributed by atoms with van der Waals surface area (Å²) in [5.41, 5.74) is 4.68. The molecule has 2 aromatic rings. The lowest BCUT2D eigenvalue weighted by Crippen LogP contribution is -2.25. The molecule has 1 heteroatoms. The Morgan fingerprint density at radius 3 is 2.00 bits per heavy atom. The summed E-state index contributed by atoms with van der Waals surface area (Å²) in [7, 11) is 0. The van der Waals surface area contributed by atoms with Crippen molar-refractivity contribution >= 4 is 10.9 Å². The van der Waals surface area contributed by atoms with E-state index in [0.29, 0.717) is 0 Å². The van der Waals surface area contributed by atoms with E-state index < -0.39 is 0 Å². The molecule has 0 aliphatic carbocycles. The Labute approximate surface area is 117 Å². The third-order valence-electron chi connectivity index (χ3n) is 3.73. The number of nitrogens with zero attached hydrogens (tertiary/aromatic N) is 1. The number of aromatic nitrogens is 1. The van der Waals surface area contributed by atoms with Crippen LogP contribution in [0.2, 0.25) is 0 Å². The standard InChI is InChI=1S/C18H27N/c1-8-14-16(17(2,3)4)13-11-9-10-12-15(13)19(14)18(5,6)7/h9-12H,8H2,1-7H3. The van der Waals surface area contributed by atoms with Crippen LogP contribution in [0.1, 0.15) is 59.7 Å². The maximum Gasteiger partial charge on any atom is 0.0490 e. The van der Waals surface area contributed by atoms with Crippen LogP contribution in [0.15, 0.2) is 24.3 Å². The van der Waals surface area contributed by atoms with Gasteiger partial charge in [-0.05, 0) is 44.2 Å². The second-order valence-corrected chi connectivity index (χ2v) is 7.45. The molecule has 19 heavy (non-hydrogen) atoms. The van der Waals surface area contributed by atoms with Gasteiger partial charge in [0.05, 0.1) is 0 Å². The predicted molar refractivity (Wildman–Crippen MR) is 85.0 cm³/mol. The van der Waals surface area contributed by atoms with Crippen molar-refractivity contribution in [2.75, 3.05) is 0 Å². The van der Waals surface area contributed by atoms with Gasteiger partial charge in [0.1, 0.15) is 0 Å². The first-order chi connectivity index (χ1) is 8.68. The summed E-state index contributed by atoms with van der Waals surface area (Å²) in [5, 5.41) is 1.42. The summed E-state index contributed by atoms with van der Waals surface area (Å²) in [6, 6.07) is 8.84. The van der Waals surface area contributed by atoms with Crippen molar-refractivity contribution in [3.05, 3.63) is 35.5 Å². The molecule has 2 rings (SSSR count). The maximum absolute atomic E-state index is 2.53. The molecule has 0 unspecified atom stereocenters. The average molecular weight is 257 g/mol. The summed E-state index contributed by atoms with van der Waals surface area (Å²) in [4.78, 5) is 0. The normalized spacial score (nSPS) is 13.2. The second-order valence-electron chi connectivity index (χ2n) is 7.45. The number of hydrogen-bond acceptors (Lipinski definition) is 0. The van der Waals surface area contributed by atoms with Crippen molar-refractivity contribution in [3.63, 3.8) is 0 Å². The summed E-state index contributed by atoms with van der Waals surface area (Å²) >= 11 is 0. The Balaban J connectivity index is 2.97. The van der Waals surface area contributed by atoms with Crippen LogP contribution in [0, 0.1) is 0 Å². The summed E-state index contributed by atoms with van der Waals surface area (Å²) in [5.74, 6) is 0. The van der Waals surface area contributed by atoms with Crippen LogP contribution in [0.25, 0.3) is 10.9 Å². The number of fused-ring (bicyclic) bond motifs is 1. The van der Waals surface area contributed by atoms with Crippen LogP contribution in [0.4, 0.5) is 0 Å². The van der Waals surface area contributed by atoms with Gasteiger partial charge >= 0.3 is 0 Å². The molecule has 0 aliphatic heterocycles. The van der Waals surface area contributed by atoms with E-state index in [1.807, 2.05) is 0 Å². The topological polar surface area (TPSA) is 4.93 Å². The van der Waals surface area contributed by atoms with Gasteiger partial charge in [0.2, 0.25) is 0 Å². The molecular formula is C18H27N. The molecule has 0 saturated carbocycles. The van der Waals surface area contributed by atoms with Gasteiger partial charge in [-0.2, -0.15) is 0 Å². The molecule has 1 aromatic heterocycles. The maximum atomic E-state index is 2.53. The van der Waals surface area contributed by atoms with Gasteiger partial charge in [-0.25, -0.2) is 0 Å². The van der Waals surface area contributed by atoms with Gasteiger partial charge in [0.25, 0.3) is 0 Å². The first kappa shape index (κ1) is 14.2. The molecular weight excluding hydrogens is 230 g/mol. The van der Waals surface area contributed by atoms with Crippen molar-refractivity contribution < 1.29 is 0 Å². The molecule has 0 amide bonds. The molecule has 0 aliphatic rings. The molecule has 0 bridgehead atoms. The van der Waals surface area contributed by atoms with E-state index in [9.17, 15) is 0 Å². The lowest BCUT2D eigenvalue weighted by molar-refractivity contribution is 0.395. The van der Waals surface area contributed by atoms with Crippen LogP contribution >= 0.6 is 0 Å². The number of para-hydroxylation sites is 1. The van der Waals surface area contributed by atoms with Crippen LogP contribution < -0.4 is 0 Å². The quantitative estimate of drug-likeness (QED) is 0.657. The highest BCUT2D eigenvalue weighted by molar-refractivity contribution is 5.87. The molecule has 0 radical (unpaired) electrons. The summed E-state index contributed by atoms with van der Waals surface area (Å²) in [6.45, 7) is 16.1. The zero-order chi connectivity index (χ0) is 14.4. The van der Waals surface area contributed by atoms with E-state index in [4.69, 9.17) is 0 Å². The van der Waals surface area contributed by atoms with Gasteiger partial charge in [-0.3, -0.25) is 0 Å². The van der Waals surface area contributed by atoms with Crippen molar-refractivity contribution in [3.8, 4) is 0 Å². The Kier molecular flexibility index (Phi) is 3.28. The Bertz CT molecular complexity index is 537. The monoisotopic (exact) mass is 257 g/mol. The highest BCUT2D eigenvalue weighted by Crippen LogP contribution is 2.38. The molecule has 0 spiro atoms. The zero-order valence-corrected chi connectivity index (χ0v) is 13.5. The van der Waals surface area contributed by atoms with Gasteiger partial charge in [-0.15, -0.1) is 0 Å². The fraction of sp³-hybridized carbons (Fsp3) is 0.556. The van der Waals surface area contributed by atoms with E-state index >= 15 is 0 Å². The minimum atomic E-state index is 0.119. The number of rotatable bonds is 1. The van der Waals surface area contributed by atoms with E-state index in [1.54, 1.807) is 0 Å². The van der Waals surface area contributed by atoms with E-state index in [0.717, 1.165) is 6.42 Å². The van der Waals surface area contributed by atoms with Gasteiger partial charge in [0.15, 0.2) is 0 Å². The molecule has 1 aromatic carbocycles. The van der Waals surface area contributed by atoms with Gasteiger partial charge in [0, 0.05) is 22.1 Å². The lowest BCUT2D eigenvalue weighted by Gasteiger charge is -2.27. The molecule has 0 N–H and O–H groups in total. The highest BCUT2D eigenvalue weighted by atomic mass is 15.1. The van der Waals surface area contributed by atoms with Crippen LogP contribution in [-0.4, -0.2) is 4.57 Å². The van der Waals surface area contributed by atoms with Crippen molar-refractivity contribution in [2.24, 2.45) is 0 Å². The predicted octanol–water partition coefficient (Wildman–Crippen LogP) is 5.26. The SMILES string of the molecule is CCc1c(C(C)(C)C)c2ccccc2n1C(C)(C)C. The molecule has 1 heterocycles. The van der Waals surface area contributed by atoms with Gasteiger partial charge < -0.3 is 4.57 Å². The van der Waals surface area contributed by atoms with Crippen LogP contribution in [-0.2, 0) is 17.4 Å². The fourth-order valence-electron chi connectivity index (χ4n) is 3.23. The first-order valence-corrected chi connectivity index (χ1v) is 7.31. The first-order valence-electron chi connectivity index (χ1n) is 7.31. The molecule has 0 fully saturated rings. The summed E-state index contributed by atoms with van der Waals surface area (Å²) in [6.07, 6.45) is 1.08. The average Bonchev–Trinajstić information content (AvgIpc) is 2.61.